The predicted octanol–water partition coefficient (Wildman–Crippen LogP) is 0.729. The van der Waals surface area contributed by atoms with Crippen molar-refractivity contribution in [2.75, 3.05) is 18.1 Å². The molecule has 3 N–H and O–H groups in total. The van der Waals surface area contributed by atoms with E-state index in [0.29, 0.717) is 24.2 Å². The van der Waals surface area contributed by atoms with E-state index in [9.17, 15) is 12.8 Å². The van der Waals surface area contributed by atoms with Crippen LogP contribution in [0.5, 0.6) is 0 Å². The maximum atomic E-state index is 13.5. The molecule has 0 aliphatic carbocycles. The van der Waals surface area contributed by atoms with Gasteiger partial charge in [-0.05, 0) is 30.7 Å². The molecule has 1 fully saturated rings. The number of nitrogens with zero attached hydrogens (tertiary/aromatic N) is 1. The number of benzene rings is 1. The number of hydrogen-bond donors (Lipinski definition) is 2. The van der Waals surface area contributed by atoms with Crippen molar-refractivity contribution in [2.45, 2.75) is 19.5 Å². The van der Waals surface area contributed by atoms with E-state index in [1.165, 1.54) is 12.1 Å². The van der Waals surface area contributed by atoms with E-state index >= 15 is 0 Å². The molecule has 1 aromatic rings. The number of nitrogen functional groups attached to an aromatic ring is 1. The fourth-order valence-corrected chi connectivity index (χ4v) is 4.02. The zero-order chi connectivity index (χ0) is 14.9. The molecular weight excluding hydrogens is 281 g/mol. The Kier molecular flexibility index (Phi) is 4.10. The summed E-state index contributed by atoms with van der Waals surface area (Å²) in [6.45, 7) is 2.74. The van der Waals surface area contributed by atoms with E-state index in [-0.39, 0.29) is 23.4 Å². The average molecular weight is 299 g/mol. The van der Waals surface area contributed by atoms with E-state index in [0.717, 1.165) is 0 Å². The molecule has 20 heavy (non-hydrogen) atoms. The fourth-order valence-electron chi connectivity index (χ4n) is 2.40. The second-order valence-corrected chi connectivity index (χ2v) is 7.42. The number of nitrogens with one attached hydrogen (secondary N) is 1. The summed E-state index contributed by atoms with van der Waals surface area (Å²) in [5.41, 5.74) is 6.41. The molecule has 7 heteroatoms. The first-order valence-electron chi connectivity index (χ1n) is 6.35. The maximum absolute atomic E-state index is 13.5. The zero-order valence-corrected chi connectivity index (χ0v) is 12.1. The third-order valence-electron chi connectivity index (χ3n) is 3.46. The van der Waals surface area contributed by atoms with Gasteiger partial charge in [0.25, 0.3) is 0 Å². The molecule has 1 unspecified atom stereocenters. The quantitative estimate of drug-likeness (QED) is 0.636. The van der Waals surface area contributed by atoms with Crippen molar-refractivity contribution in [1.29, 1.82) is 5.41 Å². The lowest BCUT2D eigenvalue weighted by molar-refractivity contribution is 0.218. The molecule has 1 saturated heterocycles. The average Bonchev–Trinajstić information content (AvgIpc) is 2.31. The van der Waals surface area contributed by atoms with E-state index < -0.39 is 15.7 Å². The number of nitrogens with two attached hydrogens (primary N) is 1. The second-order valence-electron chi connectivity index (χ2n) is 5.20. The van der Waals surface area contributed by atoms with Crippen LogP contribution in [0.25, 0.3) is 0 Å². The van der Waals surface area contributed by atoms with Gasteiger partial charge in [-0.3, -0.25) is 10.3 Å². The Morgan fingerprint density at radius 1 is 1.50 bits per heavy atom. The lowest BCUT2D eigenvalue weighted by Crippen LogP contribution is -2.46. The molecule has 0 aromatic heterocycles. The molecule has 0 radical (unpaired) electrons. The highest BCUT2D eigenvalue weighted by atomic mass is 32.2. The lowest BCUT2D eigenvalue weighted by Gasteiger charge is -2.33. The molecule has 0 amide bonds. The van der Waals surface area contributed by atoms with Gasteiger partial charge in [-0.25, -0.2) is 12.8 Å². The molecule has 1 aromatic carbocycles. The van der Waals surface area contributed by atoms with Crippen molar-refractivity contribution in [3.63, 3.8) is 0 Å². The minimum atomic E-state index is -2.96. The monoisotopic (exact) mass is 299 g/mol. The van der Waals surface area contributed by atoms with Gasteiger partial charge in [0.1, 0.15) is 11.7 Å². The highest BCUT2D eigenvalue weighted by Crippen LogP contribution is 2.17. The van der Waals surface area contributed by atoms with Crippen LogP contribution in [0.1, 0.15) is 18.1 Å². The summed E-state index contributed by atoms with van der Waals surface area (Å²) in [4.78, 5) is 2.00. The van der Waals surface area contributed by atoms with Crippen molar-refractivity contribution in [3.8, 4) is 0 Å². The van der Waals surface area contributed by atoms with Crippen LogP contribution in [0.3, 0.4) is 0 Å². The van der Waals surface area contributed by atoms with Crippen LogP contribution in [0.15, 0.2) is 18.2 Å². The van der Waals surface area contributed by atoms with Crippen LogP contribution in [-0.2, 0) is 16.4 Å². The van der Waals surface area contributed by atoms with E-state index in [1.807, 2.05) is 11.8 Å². The third kappa shape index (κ3) is 3.55. The molecule has 1 heterocycles. The molecular formula is C13H18FN3O2S. The first kappa shape index (κ1) is 14.9. The first-order valence-corrected chi connectivity index (χ1v) is 8.17. The topological polar surface area (TPSA) is 87.2 Å². The summed E-state index contributed by atoms with van der Waals surface area (Å²) in [6, 6.07) is 4.18. The molecule has 0 bridgehead atoms. The van der Waals surface area contributed by atoms with Gasteiger partial charge in [-0.1, -0.05) is 0 Å². The van der Waals surface area contributed by atoms with Gasteiger partial charge in [0.2, 0.25) is 0 Å². The highest BCUT2D eigenvalue weighted by molar-refractivity contribution is 7.91. The molecule has 1 atom stereocenters. The summed E-state index contributed by atoms with van der Waals surface area (Å²) >= 11 is 0. The SMILES string of the molecule is CC1CS(=O)(=O)CCN1Cc1cc(F)cc(C(=N)N)c1. The first-order chi connectivity index (χ1) is 9.27. The predicted molar refractivity (Wildman–Crippen MR) is 75.9 cm³/mol. The third-order valence-corrected chi connectivity index (χ3v) is 5.26. The molecule has 110 valence electrons. The largest absolute Gasteiger partial charge is 0.384 e. The number of halogens is 1. The van der Waals surface area contributed by atoms with Crippen LogP contribution in [-0.4, -0.2) is 43.2 Å². The van der Waals surface area contributed by atoms with Crippen LogP contribution in [0.4, 0.5) is 4.39 Å². The van der Waals surface area contributed by atoms with Crippen molar-refractivity contribution in [2.24, 2.45) is 5.73 Å². The van der Waals surface area contributed by atoms with Gasteiger partial charge in [-0.2, -0.15) is 0 Å². The second kappa shape index (κ2) is 5.49. The molecule has 2 rings (SSSR count). The minimum Gasteiger partial charge on any atom is -0.384 e. The Morgan fingerprint density at radius 3 is 2.80 bits per heavy atom. The van der Waals surface area contributed by atoms with E-state index in [4.69, 9.17) is 11.1 Å². The van der Waals surface area contributed by atoms with Crippen LogP contribution >= 0.6 is 0 Å². The maximum Gasteiger partial charge on any atom is 0.153 e. The normalized spacial score (nSPS) is 22.6. The van der Waals surface area contributed by atoms with Crippen molar-refractivity contribution in [1.82, 2.24) is 4.90 Å². The summed E-state index contributed by atoms with van der Waals surface area (Å²) in [5.74, 6) is -0.362. The summed E-state index contributed by atoms with van der Waals surface area (Å²) in [6.07, 6.45) is 0. The number of rotatable bonds is 3. The van der Waals surface area contributed by atoms with Gasteiger partial charge in [-0.15, -0.1) is 0 Å². The van der Waals surface area contributed by atoms with E-state index in [2.05, 4.69) is 0 Å². The number of hydrogen-bond acceptors (Lipinski definition) is 4. The van der Waals surface area contributed by atoms with Gasteiger partial charge in [0, 0.05) is 24.7 Å². The van der Waals surface area contributed by atoms with Crippen LogP contribution in [0.2, 0.25) is 0 Å². The number of sulfone groups is 1. The summed E-state index contributed by atoms with van der Waals surface area (Å²) in [5, 5.41) is 7.36. The lowest BCUT2D eigenvalue weighted by atomic mass is 10.1. The molecule has 0 spiro atoms. The fraction of sp³-hybridized carbons (Fsp3) is 0.462. The van der Waals surface area contributed by atoms with E-state index in [1.54, 1.807) is 6.07 Å². The standard InChI is InChI=1S/C13H18FN3O2S/c1-9-8-20(18,19)3-2-17(9)7-10-4-11(13(15)16)6-12(14)5-10/h4-6,9H,2-3,7-8H2,1H3,(H3,15,16). The molecule has 0 saturated carbocycles. The van der Waals surface area contributed by atoms with Crippen LogP contribution < -0.4 is 5.73 Å². The van der Waals surface area contributed by atoms with Crippen molar-refractivity contribution >= 4 is 15.7 Å². The highest BCUT2D eigenvalue weighted by Gasteiger charge is 2.28. The van der Waals surface area contributed by atoms with Crippen LogP contribution in [0, 0.1) is 11.2 Å². The van der Waals surface area contributed by atoms with Crippen molar-refractivity contribution in [3.05, 3.63) is 35.1 Å². The molecule has 1 aliphatic heterocycles. The minimum absolute atomic E-state index is 0.0993. The Hall–Kier alpha value is -1.47. The van der Waals surface area contributed by atoms with Gasteiger partial charge in [0.05, 0.1) is 11.5 Å². The number of amidine groups is 1. The Labute approximate surface area is 118 Å². The van der Waals surface area contributed by atoms with Gasteiger partial charge in [0.15, 0.2) is 9.84 Å². The zero-order valence-electron chi connectivity index (χ0n) is 11.3. The Balaban J connectivity index is 2.16. The Bertz CT molecular complexity index is 631. The van der Waals surface area contributed by atoms with Gasteiger partial charge >= 0.3 is 0 Å². The Morgan fingerprint density at radius 2 is 2.20 bits per heavy atom. The molecule has 5 nitrogen and oxygen atoms in total. The van der Waals surface area contributed by atoms with Gasteiger partial charge < -0.3 is 5.73 Å². The summed E-state index contributed by atoms with van der Waals surface area (Å²) in [7, 11) is -2.96. The summed E-state index contributed by atoms with van der Waals surface area (Å²) < 4.78 is 36.5. The smallest absolute Gasteiger partial charge is 0.153 e. The molecule has 1 aliphatic rings. The van der Waals surface area contributed by atoms with Crippen molar-refractivity contribution < 1.29 is 12.8 Å².